The van der Waals surface area contributed by atoms with E-state index in [0.29, 0.717) is 0 Å². The Labute approximate surface area is 66.4 Å². The predicted molar refractivity (Wildman–Crippen MR) is 43.0 cm³/mol. The van der Waals surface area contributed by atoms with Crippen LogP contribution in [0.4, 0.5) is 0 Å². The molecule has 0 amide bonds. The van der Waals surface area contributed by atoms with Gasteiger partial charge in [-0.05, 0) is 13.8 Å². The number of nitrogens with zero attached hydrogens (tertiary/aromatic N) is 3. The quantitative estimate of drug-likeness (QED) is 0.676. The molecule has 4 nitrogen and oxygen atoms in total. The minimum atomic E-state index is 0.157. The van der Waals surface area contributed by atoms with Crippen molar-refractivity contribution >= 4 is 0 Å². The first-order chi connectivity index (χ1) is 5.24. The van der Waals surface area contributed by atoms with Gasteiger partial charge < -0.3 is 5.73 Å². The fourth-order valence-corrected chi connectivity index (χ4v) is 0.998. The van der Waals surface area contributed by atoms with Gasteiger partial charge in [0.05, 0.1) is 0 Å². The van der Waals surface area contributed by atoms with E-state index in [-0.39, 0.29) is 6.04 Å². The molecule has 0 aromatic carbocycles. The van der Waals surface area contributed by atoms with Crippen LogP contribution in [0, 0.1) is 0 Å². The zero-order valence-corrected chi connectivity index (χ0v) is 6.99. The minimum absolute atomic E-state index is 0.157. The molecule has 0 saturated carbocycles. The third-order valence-corrected chi connectivity index (χ3v) is 1.50. The molecule has 1 unspecified atom stereocenters. The highest BCUT2D eigenvalue weighted by Gasteiger charge is 2.03. The molecule has 62 valence electrons. The molecule has 0 aliphatic rings. The molecule has 0 saturated heterocycles. The van der Waals surface area contributed by atoms with E-state index in [2.05, 4.69) is 10.1 Å². The topological polar surface area (TPSA) is 56.7 Å². The molecule has 2 N–H and O–H groups in total. The van der Waals surface area contributed by atoms with Crippen molar-refractivity contribution in [3.8, 4) is 0 Å². The fourth-order valence-electron chi connectivity index (χ4n) is 0.998. The maximum absolute atomic E-state index is 5.63. The van der Waals surface area contributed by atoms with Gasteiger partial charge in [-0.25, -0.2) is 4.98 Å². The van der Waals surface area contributed by atoms with E-state index in [1.807, 2.05) is 18.5 Å². The van der Waals surface area contributed by atoms with Gasteiger partial charge in [0.25, 0.3) is 0 Å². The first-order valence-electron chi connectivity index (χ1n) is 3.86. The second-order valence-corrected chi connectivity index (χ2v) is 2.67. The van der Waals surface area contributed by atoms with Crippen LogP contribution in [0.25, 0.3) is 0 Å². The highest BCUT2D eigenvalue weighted by atomic mass is 15.3. The fraction of sp³-hybridized carbons (Fsp3) is 0.714. The van der Waals surface area contributed by atoms with E-state index < -0.39 is 0 Å². The number of hydrogen-bond acceptors (Lipinski definition) is 3. The number of hydrogen-bond donors (Lipinski definition) is 1. The average Bonchev–Trinajstić information content (AvgIpc) is 2.34. The van der Waals surface area contributed by atoms with Crippen molar-refractivity contribution in [2.45, 2.75) is 32.9 Å². The van der Waals surface area contributed by atoms with Gasteiger partial charge in [-0.2, -0.15) is 5.10 Å². The molecule has 0 fully saturated rings. The van der Waals surface area contributed by atoms with Crippen molar-refractivity contribution in [3.05, 3.63) is 12.2 Å². The Kier molecular flexibility index (Phi) is 2.59. The van der Waals surface area contributed by atoms with Crippen LogP contribution in [0.3, 0.4) is 0 Å². The van der Waals surface area contributed by atoms with E-state index in [1.54, 1.807) is 6.33 Å². The Hall–Kier alpha value is -0.900. The van der Waals surface area contributed by atoms with Gasteiger partial charge in [-0.1, -0.05) is 0 Å². The summed E-state index contributed by atoms with van der Waals surface area (Å²) in [5.74, 6) is 0.975. The van der Waals surface area contributed by atoms with Crippen molar-refractivity contribution in [1.82, 2.24) is 14.8 Å². The maximum atomic E-state index is 5.63. The standard InChI is InChI=1S/C7H14N4/c1-3-11-7(4-6(2)8)9-5-10-11/h5-6H,3-4,8H2,1-2H3. The lowest BCUT2D eigenvalue weighted by molar-refractivity contribution is 0.586. The molecular weight excluding hydrogens is 140 g/mol. The molecule has 1 rings (SSSR count). The van der Waals surface area contributed by atoms with E-state index in [1.165, 1.54) is 0 Å². The zero-order chi connectivity index (χ0) is 8.27. The molecule has 11 heavy (non-hydrogen) atoms. The van der Waals surface area contributed by atoms with Crippen LogP contribution in [-0.4, -0.2) is 20.8 Å². The summed E-state index contributed by atoms with van der Waals surface area (Å²) in [6, 6.07) is 0.157. The Balaban J connectivity index is 2.68. The summed E-state index contributed by atoms with van der Waals surface area (Å²) in [6.45, 7) is 4.87. The monoisotopic (exact) mass is 154 g/mol. The van der Waals surface area contributed by atoms with Crippen LogP contribution < -0.4 is 5.73 Å². The molecule has 1 aromatic heterocycles. The van der Waals surface area contributed by atoms with Crippen molar-refractivity contribution in [3.63, 3.8) is 0 Å². The second-order valence-electron chi connectivity index (χ2n) is 2.67. The Morgan fingerprint density at radius 2 is 2.45 bits per heavy atom. The molecule has 0 spiro atoms. The lowest BCUT2D eigenvalue weighted by Gasteiger charge is -2.04. The van der Waals surface area contributed by atoms with Crippen LogP contribution in [0.15, 0.2) is 6.33 Å². The molecular formula is C7H14N4. The predicted octanol–water partition coefficient (Wildman–Crippen LogP) is 0.188. The average molecular weight is 154 g/mol. The number of aromatic nitrogens is 3. The minimum Gasteiger partial charge on any atom is -0.328 e. The number of aryl methyl sites for hydroxylation is 1. The summed E-state index contributed by atoms with van der Waals surface area (Å²) in [4.78, 5) is 4.10. The summed E-state index contributed by atoms with van der Waals surface area (Å²) in [6.07, 6.45) is 2.37. The van der Waals surface area contributed by atoms with E-state index in [4.69, 9.17) is 5.73 Å². The molecule has 0 aliphatic carbocycles. The lowest BCUT2D eigenvalue weighted by atomic mass is 10.2. The van der Waals surface area contributed by atoms with Gasteiger partial charge >= 0.3 is 0 Å². The Morgan fingerprint density at radius 1 is 1.73 bits per heavy atom. The number of rotatable bonds is 3. The van der Waals surface area contributed by atoms with E-state index in [9.17, 15) is 0 Å². The highest BCUT2D eigenvalue weighted by molar-refractivity contribution is 4.87. The number of nitrogens with two attached hydrogens (primary N) is 1. The van der Waals surface area contributed by atoms with Crippen LogP contribution in [0.2, 0.25) is 0 Å². The van der Waals surface area contributed by atoms with Gasteiger partial charge in [0.1, 0.15) is 12.2 Å². The van der Waals surface area contributed by atoms with Gasteiger partial charge in [0, 0.05) is 19.0 Å². The van der Waals surface area contributed by atoms with Crippen molar-refractivity contribution in [2.24, 2.45) is 5.73 Å². The first kappa shape index (κ1) is 8.20. The normalized spacial score (nSPS) is 13.4. The largest absolute Gasteiger partial charge is 0.328 e. The van der Waals surface area contributed by atoms with E-state index >= 15 is 0 Å². The SMILES string of the molecule is CCn1ncnc1CC(C)N. The lowest BCUT2D eigenvalue weighted by Crippen LogP contribution is -2.20. The summed E-state index contributed by atoms with van der Waals surface area (Å²) < 4.78 is 1.86. The third-order valence-electron chi connectivity index (χ3n) is 1.50. The molecule has 0 aliphatic heterocycles. The van der Waals surface area contributed by atoms with Crippen molar-refractivity contribution in [1.29, 1.82) is 0 Å². The maximum Gasteiger partial charge on any atom is 0.138 e. The molecule has 1 heterocycles. The van der Waals surface area contributed by atoms with Crippen LogP contribution >= 0.6 is 0 Å². The van der Waals surface area contributed by atoms with Gasteiger partial charge in [0.15, 0.2) is 0 Å². The smallest absolute Gasteiger partial charge is 0.138 e. The molecule has 0 bridgehead atoms. The Morgan fingerprint density at radius 3 is 3.00 bits per heavy atom. The van der Waals surface area contributed by atoms with Gasteiger partial charge in [0.2, 0.25) is 0 Å². The van der Waals surface area contributed by atoms with Crippen molar-refractivity contribution in [2.75, 3.05) is 0 Å². The van der Waals surface area contributed by atoms with Gasteiger partial charge in [-0.3, -0.25) is 4.68 Å². The second kappa shape index (κ2) is 3.48. The Bertz CT molecular complexity index is 216. The third kappa shape index (κ3) is 2.01. The highest BCUT2D eigenvalue weighted by Crippen LogP contribution is 1.96. The molecule has 0 radical (unpaired) electrons. The van der Waals surface area contributed by atoms with E-state index in [0.717, 1.165) is 18.8 Å². The molecule has 1 atom stereocenters. The van der Waals surface area contributed by atoms with Crippen LogP contribution in [0.1, 0.15) is 19.7 Å². The summed E-state index contributed by atoms with van der Waals surface area (Å²) in [7, 11) is 0. The zero-order valence-electron chi connectivity index (χ0n) is 6.99. The molecule has 4 heteroatoms. The van der Waals surface area contributed by atoms with Crippen LogP contribution in [0.5, 0.6) is 0 Å². The van der Waals surface area contributed by atoms with Crippen LogP contribution in [-0.2, 0) is 13.0 Å². The molecule has 1 aromatic rings. The summed E-state index contributed by atoms with van der Waals surface area (Å²) in [5, 5.41) is 4.04. The van der Waals surface area contributed by atoms with Crippen molar-refractivity contribution < 1.29 is 0 Å². The first-order valence-corrected chi connectivity index (χ1v) is 3.86. The summed E-state index contributed by atoms with van der Waals surface area (Å²) >= 11 is 0. The van der Waals surface area contributed by atoms with Gasteiger partial charge in [-0.15, -0.1) is 0 Å². The summed E-state index contributed by atoms with van der Waals surface area (Å²) in [5.41, 5.74) is 5.63.